The zero-order valence-electron chi connectivity index (χ0n) is 11.9. The maximum atomic E-state index is 12.7. The number of hydrogen-bond acceptors (Lipinski definition) is 5. The first-order valence-corrected chi connectivity index (χ1v) is 6.32. The molecule has 116 valence electrons. The number of benzene rings is 1. The third kappa shape index (κ3) is 4.00. The van der Waals surface area contributed by atoms with Gasteiger partial charge in [-0.15, -0.1) is 5.11 Å². The third-order valence-electron chi connectivity index (χ3n) is 2.73. The van der Waals surface area contributed by atoms with Gasteiger partial charge in [0.25, 0.3) is 5.95 Å². The van der Waals surface area contributed by atoms with Crippen LogP contribution in [0.5, 0.6) is 5.75 Å². The largest absolute Gasteiger partial charge is 0.496 e. The van der Waals surface area contributed by atoms with Crippen LogP contribution in [0.2, 0.25) is 0 Å². The molecule has 0 unspecified atom stereocenters. The number of halogens is 3. The number of para-hydroxylation sites is 1. The molecule has 0 spiro atoms. The molecular formula is C14H13F3N4O. The molecule has 2 rings (SSSR count). The van der Waals surface area contributed by atoms with Gasteiger partial charge in [0.2, 0.25) is 0 Å². The van der Waals surface area contributed by atoms with Crippen molar-refractivity contribution >= 4 is 5.95 Å². The van der Waals surface area contributed by atoms with Crippen LogP contribution in [0.25, 0.3) is 0 Å². The average Bonchev–Trinajstić information content (AvgIpc) is 2.46. The molecule has 2 aromatic rings. The lowest BCUT2D eigenvalue weighted by molar-refractivity contribution is -0.141. The average molecular weight is 310 g/mol. The number of methoxy groups -OCH3 is 1. The number of nitrogens with zero attached hydrogens (tertiary/aromatic N) is 4. The van der Waals surface area contributed by atoms with Gasteiger partial charge in [-0.1, -0.05) is 18.2 Å². The van der Waals surface area contributed by atoms with Crippen molar-refractivity contribution < 1.29 is 17.9 Å². The van der Waals surface area contributed by atoms with Crippen LogP contribution in [0.4, 0.5) is 19.1 Å². The molecule has 0 fully saturated rings. The topological polar surface area (TPSA) is 59.7 Å². The van der Waals surface area contributed by atoms with E-state index in [0.29, 0.717) is 5.75 Å². The predicted octanol–water partition coefficient (Wildman–Crippen LogP) is 4.10. The molecule has 1 aromatic carbocycles. The van der Waals surface area contributed by atoms with Crippen LogP contribution >= 0.6 is 0 Å². The number of aromatic nitrogens is 2. The van der Waals surface area contributed by atoms with Crippen molar-refractivity contribution in [3.63, 3.8) is 0 Å². The second kappa shape index (κ2) is 6.50. The molecule has 22 heavy (non-hydrogen) atoms. The Balaban J connectivity index is 2.18. The summed E-state index contributed by atoms with van der Waals surface area (Å²) in [5.74, 6) is 0.310. The number of rotatable bonds is 4. The van der Waals surface area contributed by atoms with Crippen LogP contribution in [-0.4, -0.2) is 17.1 Å². The fourth-order valence-electron chi connectivity index (χ4n) is 1.75. The van der Waals surface area contributed by atoms with Crippen molar-refractivity contribution in [3.8, 4) is 5.75 Å². The summed E-state index contributed by atoms with van der Waals surface area (Å²) in [6.45, 7) is 1.60. The molecule has 0 aliphatic rings. The van der Waals surface area contributed by atoms with Gasteiger partial charge in [0.15, 0.2) is 0 Å². The Morgan fingerprint density at radius 1 is 1.18 bits per heavy atom. The minimum atomic E-state index is -4.54. The van der Waals surface area contributed by atoms with E-state index in [0.717, 1.165) is 11.6 Å². The van der Waals surface area contributed by atoms with Crippen molar-refractivity contribution in [2.45, 2.75) is 19.6 Å². The van der Waals surface area contributed by atoms with Gasteiger partial charge < -0.3 is 4.74 Å². The molecule has 0 atom stereocenters. The normalized spacial score (nSPS) is 11.9. The molecule has 0 aliphatic carbocycles. The van der Waals surface area contributed by atoms with Gasteiger partial charge in [-0.25, -0.2) is 9.97 Å². The van der Waals surface area contributed by atoms with E-state index in [-0.39, 0.29) is 18.2 Å². The van der Waals surface area contributed by atoms with Crippen LogP contribution < -0.4 is 4.74 Å². The lowest BCUT2D eigenvalue weighted by Gasteiger charge is -2.06. The Kier molecular flexibility index (Phi) is 4.69. The molecule has 1 aromatic heterocycles. The second-order valence-electron chi connectivity index (χ2n) is 4.40. The third-order valence-corrected chi connectivity index (χ3v) is 2.73. The van der Waals surface area contributed by atoms with E-state index in [1.807, 2.05) is 0 Å². The van der Waals surface area contributed by atoms with E-state index < -0.39 is 11.9 Å². The minimum absolute atomic E-state index is 0.155. The summed E-state index contributed by atoms with van der Waals surface area (Å²) in [7, 11) is 1.52. The van der Waals surface area contributed by atoms with Crippen LogP contribution in [0, 0.1) is 6.92 Å². The van der Waals surface area contributed by atoms with Crippen molar-refractivity contribution in [1.82, 2.24) is 9.97 Å². The van der Waals surface area contributed by atoms with Gasteiger partial charge >= 0.3 is 6.18 Å². The monoisotopic (exact) mass is 310 g/mol. The molecular weight excluding hydrogens is 297 g/mol. The summed E-state index contributed by atoms with van der Waals surface area (Å²) in [6, 6.07) is 8.02. The number of aryl methyl sites for hydroxylation is 1. The SMILES string of the molecule is COc1ccccc1CN=Nc1nc(C)cc(C(F)(F)F)n1. The van der Waals surface area contributed by atoms with Crippen molar-refractivity contribution in [2.24, 2.45) is 10.2 Å². The first kappa shape index (κ1) is 15.9. The van der Waals surface area contributed by atoms with E-state index in [9.17, 15) is 13.2 Å². The molecule has 0 saturated heterocycles. The minimum Gasteiger partial charge on any atom is -0.496 e. The quantitative estimate of drug-likeness (QED) is 0.799. The predicted molar refractivity (Wildman–Crippen MR) is 73.0 cm³/mol. The van der Waals surface area contributed by atoms with Gasteiger partial charge in [0.1, 0.15) is 11.4 Å². The first-order chi connectivity index (χ1) is 10.4. The summed E-state index contributed by atoms with van der Waals surface area (Å²) in [4.78, 5) is 7.17. The Labute approximate surface area is 124 Å². The van der Waals surface area contributed by atoms with E-state index in [1.165, 1.54) is 14.0 Å². The molecule has 0 aliphatic heterocycles. The zero-order valence-corrected chi connectivity index (χ0v) is 11.9. The first-order valence-electron chi connectivity index (χ1n) is 6.32. The maximum absolute atomic E-state index is 12.7. The van der Waals surface area contributed by atoms with E-state index in [4.69, 9.17) is 4.74 Å². The van der Waals surface area contributed by atoms with Gasteiger partial charge in [-0.3, -0.25) is 0 Å². The Morgan fingerprint density at radius 3 is 2.59 bits per heavy atom. The highest BCUT2D eigenvalue weighted by Gasteiger charge is 2.33. The molecule has 0 saturated carbocycles. The summed E-state index contributed by atoms with van der Waals surface area (Å²) in [5.41, 5.74) is -0.0998. The van der Waals surface area contributed by atoms with Crippen molar-refractivity contribution in [2.75, 3.05) is 7.11 Å². The summed E-state index contributed by atoms with van der Waals surface area (Å²) >= 11 is 0. The molecule has 5 nitrogen and oxygen atoms in total. The molecule has 8 heteroatoms. The van der Waals surface area contributed by atoms with Crippen LogP contribution in [0.3, 0.4) is 0 Å². The highest BCUT2D eigenvalue weighted by Crippen LogP contribution is 2.29. The lowest BCUT2D eigenvalue weighted by Crippen LogP contribution is -2.08. The van der Waals surface area contributed by atoms with Crippen molar-refractivity contribution in [3.05, 3.63) is 47.3 Å². The van der Waals surface area contributed by atoms with Crippen LogP contribution in [0.15, 0.2) is 40.6 Å². The molecule has 0 N–H and O–H groups in total. The maximum Gasteiger partial charge on any atom is 0.433 e. The smallest absolute Gasteiger partial charge is 0.433 e. The van der Waals surface area contributed by atoms with Gasteiger partial charge in [-0.2, -0.15) is 18.3 Å². The summed E-state index contributed by atoms with van der Waals surface area (Å²) in [5, 5.41) is 7.50. The zero-order chi connectivity index (χ0) is 16.2. The van der Waals surface area contributed by atoms with Gasteiger partial charge in [0.05, 0.1) is 13.7 Å². The summed E-state index contributed by atoms with van der Waals surface area (Å²) in [6.07, 6.45) is -4.54. The lowest BCUT2D eigenvalue weighted by atomic mass is 10.2. The molecule has 0 bridgehead atoms. The molecule has 0 amide bonds. The summed E-state index contributed by atoms with van der Waals surface area (Å²) < 4.78 is 43.1. The van der Waals surface area contributed by atoms with Crippen LogP contribution in [0.1, 0.15) is 17.0 Å². The number of azo groups is 1. The Bertz CT molecular complexity index is 686. The van der Waals surface area contributed by atoms with Crippen LogP contribution in [-0.2, 0) is 12.7 Å². The number of ether oxygens (including phenoxy) is 1. The fraction of sp³-hybridized carbons (Fsp3) is 0.286. The van der Waals surface area contributed by atoms with Crippen molar-refractivity contribution in [1.29, 1.82) is 0 Å². The Morgan fingerprint density at radius 2 is 1.91 bits per heavy atom. The molecule has 1 heterocycles. The van der Waals surface area contributed by atoms with Gasteiger partial charge in [0, 0.05) is 11.3 Å². The standard InChI is InChI=1S/C14H13F3N4O/c1-9-7-12(14(15,16)17)20-13(19-9)21-18-8-10-5-3-4-6-11(10)22-2/h3-7H,8H2,1-2H3. The number of hydrogen-bond donors (Lipinski definition) is 0. The molecule has 0 radical (unpaired) electrons. The van der Waals surface area contributed by atoms with E-state index in [1.54, 1.807) is 24.3 Å². The van der Waals surface area contributed by atoms with E-state index in [2.05, 4.69) is 20.2 Å². The number of alkyl halides is 3. The highest BCUT2D eigenvalue weighted by molar-refractivity contribution is 5.33. The Hall–Kier alpha value is -2.51. The van der Waals surface area contributed by atoms with Gasteiger partial charge in [-0.05, 0) is 19.1 Å². The second-order valence-corrected chi connectivity index (χ2v) is 4.40. The fourth-order valence-corrected chi connectivity index (χ4v) is 1.75. The van der Waals surface area contributed by atoms with E-state index >= 15 is 0 Å². The highest BCUT2D eigenvalue weighted by atomic mass is 19.4.